The third kappa shape index (κ3) is 4.38. The molecule has 0 aromatic heterocycles. The number of ether oxygens (including phenoxy) is 1. The van der Waals surface area contributed by atoms with Gasteiger partial charge in [-0.1, -0.05) is 37.3 Å². The number of hydrogen-bond donors (Lipinski definition) is 0. The molecule has 0 saturated heterocycles. The van der Waals surface area contributed by atoms with Gasteiger partial charge in [-0.2, -0.15) is 0 Å². The Morgan fingerprint density at radius 3 is 2.43 bits per heavy atom. The molecule has 1 unspecified atom stereocenters. The van der Waals surface area contributed by atoms with Crippen LogP contribution in [-0.4, -0.2) is 5.97 Å². The average Bonchev–Trinajstić information content (AvgIpc) is 2.47. The van der Waals surface area contributed by atoms with Crippen LogP contribution in [0.15, 0.2) is 48.5 Å². The van der Waals surface area contributed by atoms with E-state index in [1.54, 1.807) is 30.3 Å². The Kier molecular flexibility index (Phi) is 5.04. The minimum Gasteiger partial charge on any atom is -0.461 e. The monoisotopic (exact) mass is 290 g/mol. The number of carbonyl (C=O) groups is 1. The fraction of sp³-hybridized carbons (Fsp3) is 0.235. The molecule has 4 heteroatoms. The Bertz CT molecular complexity index is 608. The molecule has 0 N–H and O–H groups in total. The van der Waals surface area contributed by atoms with Crippen molar-refractivity contribution >= 4 is 5.97 Å². The summed E-state index contributed by atoms with van der Waals surface area (Å²) in [5.41, 5.74) is 1.21. The molecule has 0 aliphatic carbocycles. The van der Waals surface area contributed by atoms with E-state index < -0.39 is 11.8 Å². The van der Waals surface area contributed by atoms with Crippen LogP contribution in [0.5, 0.6) is 0 Å². The van der Waals surface area contributed by atoms with E-state index in [1.807, 2.05) is 6.92 Å². The van der Waals surface area contributed by atoms with Gasteiger partial charge in [0.25, 0.3) is 0 Å². The van der Waals surface area contributed by atoms with Crippen molar-refractivity contribution in [3.63, 3.8) is 0 Å². The Morgan fingerprint density at radius 2 is 1.76 bits per heavy atom. The first kappa shape index (κ1) is 15.2. The zero-order valence-corrected chi connectivity index (χ0v) is 11.7. The maximum atomic E-state index is 13.4. The largest absolute Gasteiger partial charge is 0.461 e. The minimum atomic E-state index is -0.407. The second-order valence-electron chi connectivity index (χ2n) is 4.91. The summed E-state index contributed by atoms with van der Waals surface area (Å²) in [6.07, 6.45) is 0.167. The fourth-order valence-electron chi connectivity index (χ4n) is 1.99. The molecule has 2 aromatic carbocycles. The standard InChI is InChI=1S/C17H16F2O2/c1-12(13-6-8-15(18)9-7-13)10-17(20)21-11-14-4-2-3-5-16(14)19/h2-9,12H,10-11H2,1H3. The summed E-state index contributed by atoms with van der Waals surface area (Å²) >= 11 is 0. The Hall–Kier alpha value is -2.23. The van der Waals surface area contributed by atoms with E-state index in [9.17, 15) is 13.6 Å². The molecule has 2 nitrogen and oxygen atoms in total. The first-order chi connectivity index (χ1) is 10.1. The van der Waals surface area contributed by atoms with Gasteiger partial charge in [-0.05, 0) is 29.7 Å². The topological polar surface area (TPSA) is 26.3 Å². The number of halogens is 2. The van der Waals surface area contributed by atoms with Crippen molar-refractivity contribution < 1.29 is 18.3 Å². The van der Waals surface area contributed by atoms with Crippen LogP contribution in [0.4, 0.5) is 8.78 Å². The van der Waals surface area contributed by atoms with E-state index in [0.717, 1.165) is 5.56 Å². The van der Waals surface area contributed by atoms with Crippen molar-refractivity contribution in [2.24, 2.45) is 0 Å². The molecule has 0 heterocycles. The van der Waals surface area contributed by atoms with Gasteiger partial charge in [0.2, 0.25) is 0 Å². The summed E-state index contributed by atoms with van der Waals surface area (Å²) < 4.78 is 31.3. The first-order valence-corrected chi connectivity index (χ1v) is 6.70. The summed E-state index contributed by atoms with van der Waals surface area (Å²) in [5, 5.41) is 0. The van der Waals surface area contributed by atoms with Crippen molar-refractivity contribution in [2.45, 2.75) is 25.9 Å². The van der Waals surface area contributed by atoms with Gasteiger partial charge in [-0.25, -0.2) is 8.78 Å². The molecule has 0 bridgehead atoms. The zero-order chi connectivity index (χ0) is 15.2. The van der Waals surface area contributed by atoms with Crippen molar-refractivity contribution in [2.75, 3.05) is 0 Å². The molecule has 0 fully saturated rings. The van der Waals surface area contributed by atoms with Gasteiger partial charge >= 0.3 is 5.97 Å². The molecule has 0 radical (unpaired) electrons. The van der Waals surface area contributed by atoms with Crippen LogP contribution in [-0.2, 0) is 16.1 Å². The predicted molar refractivity (Wildman–Crippen MR) is 75.6 cm³/mol. The van der Waals surface area contributed by atoms with Gasteiger partial charge in [-0.15, -0.1) is 0 Å². The van der Waals surface area contributed by atoms with Crippen LogP contribution in [0.3, 0.4) is 0 Å². The fourth-order valence-corrected chi connectivity index (χ4v) is 1.99. The van der Waals surface area contributed by atoms with Crippen molar-refractivity contribution in [3.8, 4) is 0 Å². The number of carbonyl (C=O) groups excluding carboxylic acids is 1. The van der Waals surface area contributed by atoms with E-state index in [4.69, 9.17) is 4.74 Å². The van der Waals surface area contributed by atoms with Crippen molar-refractivity contribution in [1.29, 1.82) is 0 Å². The zero-order valence-electron chi connectivity index (χ0n) is 11.7. The normalized spacial score (nSPS) is 12.0. The lowest BCUT2D eigenvalue weighted by Crippen LogP contribution is -2.09. The van der Waals surface area contributed by atoms with Crippen LogP contribution in [0.25, 0.3) is 0 Å². The van der Waals surface area contributed by atoms with E-state index in [2.05, 4.69) is 0 Å². The maximum absolute atomic E-state index is 13.4. The molecule has 2 rings (SSSR count). The summed E-state index contributed by atoms with van der Waals surface area (Å²) in [4.78, 5) is 11.8. The first-order valence-electron chi connectivity index (χ1n) is 6.70. The molecule has 110 valence electrons. The van der Waals surface area contributed by atoms with E-state index in [-0.39, 0.29) is 24.8 Å². The number of rotatable bonds is 5. The van der Waals surface area contributed by atoms with Gasteiger partial charge < -0.3 is 4.74 Å². The maximum Gasteiger partial charge on any atom is 0.306 e. The summed E-state index contributed by atoms with van der Waals surface area (Å²) in [5.74, 6) is -1.20. The summed E-state index contributed by atoms with van der Waals surface area (Å²) in [6.45, 7) is 1.78. The third-order valence-corrected chi connectivity index (χ3v) is 3.26. The molecule has 1 atom stereocenters. The highest BCUT2D eigenvalue weighted by molar-refractivity contribution is 5.70. The molecule has 0 amide bonds. The van der Waals surface area contributed by atoms with Crippen molar-refractivity contribution in [3.05, 3.63) is 71.3 Å². The number of esters is 1. The van der Waals surface area contributed by atoms with Crippen LogP contribution >= 0.6 is 0 Å². The quantitative estimate of drug-likeness (QED) is 0.771. The van der Waals surface area contributed by atoms with Crippen LogP contribution < -0.4 is 0 Å². The SMILES string of the molecule is CC(CC(=O)OCc1ccccc1F)c1ccc(F)cc1. The van der Waals surface area contributed by atoms with Gasteiger partial charge in [0.1, 0.15) is 18.2 Å². The van der Waals surface area contributed by atoms with E-state index in [0.29, 0.717) is 5.56 Å². The van der Waals surface area contributed by atoms with Crippen LogP contribution in [0, 0.1) is 11.6 Å². The second kappa shape index (κ2) is 6.97. The molecule has 0 spiro atoms. The number of benzene rings is 2. The third-order valence-electron chi connectivity index (χ3n) is 3.26. The molecule has 0 aliphatic rings. The Labute approximate surface area is 122 Å². The van der Waals surface area contributed by atoms with Crippen molar-refractivity contribution in [1.82, 2.24) is 0 Å². The molecular weight excluding hydrogens is 274 g/mol. The summed E-state index contributed by atoms with van der Waals surface area (Å²) in [6, 6.07) is 12.2. The smallest absolute Gasteiger partial charge is 0.306 e. The summed E-state index contributed by atoms with van der Waals surface area (Å²) in [7, 11) is 0. The highest BCUT2D eigenvalue weighted by Gasteiger charge is 2.13. The van der Waals surface area contributed by atoms with E-state index in [1.165, 1.54) is 18.2 Å². The Balaban J connectivity index is 1.87. The van der Waals surface area contributed by atoms with Gasteiger partial charge in [0.15, 0.2) is 0 Å². The number of hydrogen-bond acceptors (Lipinski definition) is 2. The van der Waals surface area contributed by atoms with Crippen LogP contribution in [0.2, 0.25) is 0 Å². The Morgan fingerprint density at radius 1 is 1.10 bits per heavy atom. The molecule has 21 heavy (non-hydrogen) atoms. The van der Waals surface area contributed by atoms with Gasteiger partial charge in [0.05, 0.1) is 6.42 Å². The predicted octanol–water partition coefficient (Wildman–Crippen LogP) is 4.20. The molecule has 2 aromatic rings. The lowest BCUT2D eigenvalue weighted by Gasteiger charge is -2.12. The molecular formula is C17H16F2O2. The van der Waals surface area contributed by atoms with Crippen LogP contribution in [0.1, 0.15) is 30.4 Å². The molecule has 0 saturated carbocycles. The minimum absolute atomic E-state index is 0.0817. The average molecular weight is 290 g/mol. The highest BCUT2D eigenvalue weighted by atomic mass is 19.1. The lowest BCUT2D eigenvalue weighted by molar-refractivity contribution is -0.145. The van der Waals surface area contributed by atoms with Gasteiger partial charge in [-0.3, -0.25) is 4.79 Å². The van der Waals surface area contributed by atoms with Gasteiger partial charge in [0, 0.05) is 5.56 Å². The van der Waals surface area contributed by atoms with E-state index >= 15 is 0 Å². The second-order valence-corrected chi connectivity index (χ2v) is 4.91. The highest BCUT2D eigenvalue weighted by Crippen LogP contribution is 2.20. The lowest BCUT2D eigenvalue weighted by atomic mass is 9.98. The molecule has 0 aliphatic heterocycles.